The maximum Gasteiger partial charge on any atom is 0.573 e. The molecular weight excluding hydrogens is 345 g/mol. The molecule has 0 amide bonds. The van der Waals surface area contributed by atoms with Crippen LogP contribution in [0.3, 0.4) is 0 Å². The highest BCUT2D eigenvalue weighted by Crippen LogP contribution is 2.24. The fraction of sp³-hybridized carbons (Fsp3) is 0.150. The minimum atomic E-state index is -4.70. The van der Waals surface area contributed by atoms with Crippen molar-refractivity contribution in [3.63, 3.8) is 0 Å². The second-order valence-corrected chi connectivity index (χ2v) is 5.66. The second-order valence-electron chi connectivity index (χ2n) is 5.66. The number of carbonyl (C=O) groups is 1. The van der Waals surface area contributed by atoms with E-state index in [0.717, 1.165) is 28.2 Å². The molecule has 3 nitrogen and oxygen atoms in total. The third-order valence-electron chi connectivity index (χ3n) is 3.86. The average Bonchev–Trinajstić information content (AvgIpc) is 2.61. The summed E-state index contributed by atoms with van der Waals surface area (Å²) in [6, 6.07) is 16.7. The van der Waals surface area contributed by atoms with Crippen LogP contribution in [0.25, 0.3) is 10.8 Å². The van der Waals surface area contributed by atoms with Gasteiger partial charge in [-0.05, 0) is 34.0 Å². The highest BCUT2D eigenvalue weighted by atomic mass is 19.4. The summed E-state index contributed by atoms with van der Waals surface area (Å²) in [5.74, 6) is -0.267. The third-order valence-corrected chi connectivity index (χ3v) is 3.86. The van der Waals surface area contributed by atoms with E-state index in [-0.39, 0.29) is 12.4 Å². The number of hydrogen-bond donors (Lipinski definition) is 0. The van der Waals surface area contributed by atoms with Gasteiger partial charge in [-0.3, -0.25) is 4.79 Å². The van der Waals surface area contributed by atoms with Crippen molar-refractivity contribution in [2.45, 2.75) is 19.6 Å². The van der Waals surface area contributed by atoms with Crippen LogP contribution < -0.4 is 4.74 Å². The summed E-state index contributed by atoms with van der Waals surface area (Å²) >= 11 is 0. The van der Waals surface area contributed by atoms with Crippen LogP contribution in [0.4, 0.5) is 13.2 Å². The number of fused-ring (bicyclic) bond motifs is 1. The first-order valence-electron chi connectivity index (χ1n) is 7.84. The van der Waals surface area contributed by atoms with Crippen molar-refractivity contribution in [1.82, 2.24) is 0 Å². The van der Waals surface area contributed by atoms with Gasteiger partial charge < -0.3 is 9.47 Å². The van der Waals surface area contributed by atoms with Crippen molar-refractivity contribution >= 4 is 17.1 Å². The zero-order valence-corrected chi connectivity index (χ0v) is 13.6. The Bertz CT molecular complexity index is 902. The van der Waals surface area contributed by atoms with Gasteiger partial charge in [0, 0.05) is 5.56 Å². The number of rotatable bonds is 6. The molecule has 0 aliphatic carbocycles. The second kappa shape index (κ2) is 7.58. The Morgan fingerprint density at radius 1 is 0.846 bits per heavy atom. The summed E-state index contributed by atoms with van der Waals surface area (Å²) in [5.41, 5.74) is 2.28. The van der Waals surface area contributed by atoms with Crippen LogP contribution >= 0.6 is 0 Å². The predicted octanol–water partition coefficient (Wildman–Crippen LogP) is 5.27. The largest absolute Gasteiger partial charge is 0.573 e. The van der Waals surface area contributed by atoms with Crippen LogP contribution in [0.5, 0.6) is 5.75 Å². The number of aldehydes is 1. The van der Waals surface area contributed by atoms with E-state index in [0.29, 0.717) is 12.2 Å². The van der Waals surface area contributed by atoms with E-state index >= 15 is 0 Å². The van der Waals surface area contributed by atoms with Gasteiger partial charge in [-0.15, -0.1) is 13.2 Å². The normalized spacial score (nSPS) is 11.5. The summed E-state index contributed by atoms with van der Waals surface area (Å²) in [6.45, 7) is 0.566. The molecule has 26 heavy (non-hydrogen) atoms. The van der Waals surface area contributed by atoms with E-state index in [4.69, 9.17) is 4.74 Å². The molecule has 0 atom stereocenters. The van der Waals surface area contributed by atoms with Gasteiger partial charge in [-0.2, -0.15) is 0 Å². The highest BCUT2D eigenvalue weighted by Gasteiger charge is 2.30. The van der Waals surface area contributed by atoms with Crippen LogP contribution in [0.15, 0.2) is 60.7 Å². The zero-order valence-electron chi connectivity index (χ0n) is 13.6. The van der Waals surface area contributed by atoms with Crippen molar-refractivity contribution in [2.75, 3.05) is 0 Å². The van der Waals surface area contributed by atoms with Crippen LogP contribution in [0, 0.1) is 0 Å². The molecule has 0 bridgehead atoms. The quantitative estimate of drug-likeness (QED) is 0.562. The van der Waals surface area contributed by atoms with Crippen LogP contribution in [-0.4, -0.2) is 12.6 Å². The first-order valence-corrected chi connectivity index (χ1v) is 7.84. The van der Waals surface area contributed by atoms with Crippen molar-refractivity contribution in [3.05, 3.63) is 77.4 Å². The number of halogens is 3. The van der Waals surface area contributed by atoms with Gasteiger partial charge in [0.25, 0.3) is 0 Å². The summed E-state index contributed by atoms with van der Waals surface area (Å²) < 4.78 is 45.9. The number of benzene rings is 3. The number of ether oxygens (including phenoxy) is 2. The van der Waals surface area contributed by atoms with Gasteiger partial charge in [0.2, 0.25) is 0 Å². The number of alkyl halides is 3. The molecule has 0 N–H and O–H groups in total. The van der Waals surface area contributed by atoms with E-state index in [1.54, 1.807) is 6.07 Å². The number of hydrogen-bond acceptors (Lipinski definition) is 3. The Morgan fingerprint density at radius 2 is 1.54 bits per heavy atom. The van der Waals surface area contributed by atoms with Crippen molar-refractivity contribution < 1.29 is 27.4 Å². The van der Waals surface area contributed by atoms with Crippen LogP contribution in [0.1, 0.15) is 21.5 Å². The molecule has 0 unspecified atom stereocenters. The lowest BCUT2D eigenvalue weighted by atomic mass is 10.0. The van der Waals surface area contributed by atoms with E-state index < -0.39 is 6.36 Å². The van der Waals surface area contributed by atoms with E-state index in [9.17, 15) is 18.0 Å². The minimum absolute atomic E-state index is 0.246. The Hall–Kier alpha value is -2.86. The predicted molar refractivity (Wildman–Crippen MR) is 91.0 cm³/mol. The molecule has 0 spiro atoms. The molecule has 0 saturated carbocycles. The van der Waals surface area contributed by atoms with Crippen LogP contribution in [0.2, 0.25) is 0 Å². The molecule has 6 heteroatoms. The molecular formula is C20H15F3O3. The standard InChI is InChI=1S/C20H15F3O3/c21-20(22,23)26-17-9-7-14(8-10-17)12-25-13-16-4-2-5-18-15(11-24)3-1-6-19(16)18/h1-11H,12-13H2. The third kappa shape index (κ3) is 4.40. The van der Waals surface area contributed by atoms with Crippen molar-refractivity contribution in [1.29, 1.82) is 0 Å². The maximum absolute atomic E-state index is 12.1. The van der Waals surface area contributed by atoms with Crippen molar-refractivity contribution in [3.8, 4) is 5.75 Å². The molecule has 3 aromatic rings. The molecule has 0 aromatic heterocycles. The summed E-state index contributed by atoms with van der Waals surface area (Å²) in [6.07, 6.45) is -3.88. The van der Waals surface area contributed by atoms with E-state index in [2.05, 4.69) is 4.74 Å². The first-order chi connectivity index (χ1) is 12.5. The van der Waals surface area contributed by atoms with Gasteiger partial charge >= 0.3 is 6.36 Å². The lowest BCUT2D eigenvalue weighted by Gasteiger charge is -2.11. The summed E-state index contributed by atoms with van der Waals surface area (Å²) in [5, 5.41) is 1.79. The van der Waals surface area contributed by atoms with Gasteiger partial charge in [0.15, 0.2) is 6.29 Å². The zero-order chi connectivity index (χ0) is 18.6. The molecule has 3 aromatic carbocycles. The smallest absolute Gasteiger partial charge is 0.406 e. The van der Waals surface area contributed by atoms with Crippen molar-refractivity contribution in [2.24, 2.45) is 0 Å². The molecule has 0 saturated heterocycles. The highest BCUT2D eigenvalue weighted by molar-refractivity contribution is 5.99. The summed E-state index contributed by atoms with van der Waals surface area (Å²) in [4.78, 5) is 11.1. The SMILES string of the molecule is O=Cc1cccc2c(COCc3ccc(OC(F)(F)F)cc3)cccc12. The topological polar surface area (TPSA) is 35.5 Å². The van der Waals surface area contributed by atoms with E-state index in [1.165, 1.54) is 24.3 Å². The van der Waals surface area contributed by atoms with Gasteiger partial charge in [-0.1, -0.05) is 48.5 Å². The molecule has 0 aliphatic rings. The van der Waals surface area contributed by atoms with Gasteiger partial charge in [0.05, 0.1) is 13.2 Å². The Morgan fingerprint density at radius 3 is 2.23 bits per heavy atom. The molecule has 0 heterocycles. The van der Waals surface area contributed by atoms with Gasteiger partial charge in [-0.25, -0.2) is 0 Å². The summed E-state index contributed by atoms with van der Waals surface area (Å²) in [7, 11) is 0. The fourth-order valence-corrected chi connectivity index (χ4v) is 2.69. The maximum atomic E-state index is 12.1. The minimum Gasteiger partial charge on any atom is -0.406 e. The Kier molecular flexibility index (Phi) is 5.23. The Labute approximate surface area is 148 Å². The Balaban J connectivity index is 1.65. The molecule has 0 radical (unpaired) electrons. The number of carbonyl (C=O) groups excluding carboxylic acids is 1. The monoisotopic (exact) mass is 360 g/mol. The molecule has 0 fully saturated rings. The molecule has 134 valence electrons. The average molecular weight is 360 g/mol. The fourth-order valence-electron chi connectivity index (χ4n) is 2.69. The molecule has 3 rings (SSSR count). The van der Waals surface area contributed by atoms with Gasteiger partial charge in [0.1, 0.15) is 5.75 Å². The molecule has 0 aliphatic heterocycles. The lowest BCUT2D eigenvalue weighted by molar-refractivity contribution is -0.274. The van der Waals surface area contributed by atoms with Crippen LogP contribution in [-0.2, 0) is 18.0 Å². The lowest BCUT2D eigenvalue weighted by Crippen LogP contribution is -2.17. The van der Waals surface area contributed by atoms with E-state index in [1.807, 2.05) is 30.3 Å². The first kappa shape index (κ1) is 17.9.